The lowest BCUT2D eigenvalue weighted by Gasteiger charge is -2.40. The van der Waals surface area contributed by atoms with Crippen LogP contribution in [-0.2, 0) is 4.79 Å². The van der Waals surface area contributed by atoms with E-state index in [0.29, 0.717) is 19.6 Å². The molecule has 2 aliphatic heterocycles. The monoisotopic (exact) mass is 579 g/mol. The molecule has 1 aromatic heterocycles. The van der Waals surface area contributed by atoms with E-state index in [9.17, 15) is 23.1 Å². The third-order valence-corrected chi connectivity index (χ3v) is 7.32. The number of hydrogen-bond acceptors (Lipinski definition) is 7. The molecule has 0 saturated carbocycles. The third-order valence-electron chi connectivity index (χ3n) is 7.02. The second-order valence-electron chi connectivity index (χ2n) is 9.85. The van der Waals surface area contributed by atoms with Crippen molar-refractivity contribution in [3.8, 4) is 22.9 Å². The van der Waals surface area contributed by atoms with Gasteiger partial charge in [-0.3, -0.25) is 9.69 Å². The number of ether oxygens (including phenoxy) is 1. The highest BCUT2D eigenvalue weighted by molar-refractivity contribution is 6.34. The van der Waals surface area contributed by atoms with Gasteiger partial charge < -0.3 is 19.6 Å². The first-order chi connectivity index (χ1) is 19.0. The van der Waals surface area contributed by atoms with Crippen molar-refractivity contribution in [2.75, 3.05) is 50.8 Å². The molecule has 40 heavy (non-hydrogen) atoms. The summed E-state index contributed by atoms with van der Waals surface area (Å²) in [7, 11) is 0. The molecule has 1 N–H and O–H groups in total. The van der Waals surface area contributed by atoms with Crippen LogP contribution < -0.4 is 9.64 Å². The molecular weight excluding hydrogens is 554 g/mol. The average Bonchev–Trinajstić information content (AvgIpc) is 2.88. The van der Waals surface area contributed by atoms with Gasteiger partial charge in [0.1, 0.15) is 29.5 Å². The van der Waals surface area contributed by atoms with Crippen molar-refractivity contribution in [3.63, 3.8) is 0 Å². The first kappa shape index (κ1) is 27.9. The number of amides is 1. The highest BCUT2D eigenvalue weighted by Gasteiger charge is 2.43. The Balaban J connectivity index is 1.55. The van der Waals surface area contributed by atoms with Crippen LogP contribution in [0.4, 0.5) is 23.4 Å². The first-order valence-electron chi connectivity index (χ1n) is 12.6. The number of aromatic hydroxyl groups is 1. The van der Waals surface area contributed by atoms with Gasteiger partial charge in [-0.1, -0.05) is 24.2 Å². The Labute approximate surface area is 232 Å². The fourth-order valence-corrected chi connectivity index (χ4v) is 5.37. The van der Waals surface area contributed by atoms with E-state index < -0.39 is 28.9 Å². The molecule has 0 aliphatic carbocycles. The van der Waals surface area contributed by atoms with E-state index in [0.717, 1.165) is 6.07 Å². The summed E-state index contributed by atoms with van der Waals surface area (Å²) in [5, 5.41) is 10.3. The number of benzene rings is 2. The van der Waals surface area contributed by atoms with Gasteiger partial charge in [0.2, 0.25) is 5.91 Å². The topological polar surface area (TPSA) is 82.0 Å². The van der Waals surface area contributed by atoms with Gasteiger partial charge in [0.25, 0.3) is 5.92 Å². The van der Waals surface area contributed by atoms with Crippen LogP contribution in [0.1, 0.15) is 6.92 Å². The summed E-state index contributed by atoms with van der Waals surface area (Å²) in [5.74, 6) is -5.05. The summed E-state index contributed by atoms with van der Waals surface area (Å²) in [6, 6.07) is 4.50. The lowest BCUT2D eigenvalue weighted by Crippen LogP contribution is -2.57. The summed E-state index contributed by atoms with van der Waals surface area (Å²) >= 11 is 6.46. The Kier molecular flexibility index (Phi) is 7.49. The normalized spacial score (nSPS) is 19.0. The van der Waals surface area contributed by atoms with Crippen molar-refractivity contribution in [3.05, 3.63) is 53.6 Å². The molecule has 0 spiro atoms. The van der Waals surface area contributed by atoms with Gasteiger partial charge in [0.15, 0.2) is 5.82 Å². The number of hydrogen-bond donors (Lipinski definition) is 1. The Morgan fingerprint density at radius 2 is 2.00 bits per heavy atom. The van der Waals surface area contributed by atoms with Crippen LogP contribution >= 0.6 is 11.6 Å². The van der Waals surface area contributed by atoms with Gasteiger partial charge in [-0.05, 0) is 31.2 Å². The zero-order valence-electron chi connectivity index (χ0n) is 21.5. The van der Waals surface area contributed by atoms with Crippen LogP contribution in [0.25, 0.3) is 22.0 Å². The van der Waals surface area contributed by atoms with E-state index in [1.165, 1.54) is 29.2 Å². The van der Waals surface area contributed by atoms with Crippen molar-refractivity contribution >= 4 is 34.2 Å². The molecule has 13 heteroatoms. The molecule has 3 aromatic rings. The van der Waals surface area contributed by atoms with Gasteiger partial charge >= 0.3 is 6.01 Å². The van der Waals surface area contributed by atoms with Gasteiger partial charge in [0.05, 0.1) is 23.7 Å². The number of nitrogens with zero attached hydrogens (tertiary/aromatic N) is 5. The zero-order chi connectivity index (χ0) is 28.8. The molecule has 2 aliphatic rings. The molecule has 2 saturated heterocycles. The number of alkyl halides is 2. The summed E-state index contributed by atoms with van der Waals surface area (Å²) in [6.07, 6.45) is 1.24. The molecular formula is C27H26ClF4N5O3. The Hall–Kier alpha value is -3.64. The van der Waals surface area contributed by atoms with E-state index >= 15 is 4.39 Å². The molecule has 0 radical (unpaired) electrons. The van der Waals surface area contributed by atoms with Crippen molar-refractivity contribution in [1.82, 2.24) is 19.8 Å². The minimum absolute atomic E-state index is 0.0325. The Bertz CT molecular complexity index is 1460. The number of carbonyl (C=O) groups is 1. The first-order valence-corrected chi connectivity index (χ1v) is 13.0. The summed E-state index contributed by atoms with van der Waals surface area (Å²) < 4.78 is 62.8. The zero-order valence-corrected chi connectivity index (χ0v) is 22.3. The van der Waals surface area contributed by atoms with E-state index in [1.54, 1.807) is 4.90 Å². The number of fused-ring (bicyclic) bond motifs is 1. The number of carbonyl (C=O) groups excluding carboxylic acids is 1. The molecule has 1 atom stereocenters. The molecule has 1 unspecified atom stereocenters. The highest BCUT2D eigenvalue weighted by Crippen LogP contribution is 2.42. The molecule has 212 valence electrons. The fraction of sp³-hybridized carbons (Fsp3) is 0.370. The maximum Gasteiger partial charge on any atom is 0.319 e. The number of likely N-dealkylation sites (tertiary alicyclic amines) is 1. The lowest BCUT2D eigenvalue weighted by molar-refractivity contribution is -0.132. The number of phenolic OH excluding ortho intramolecular Hbond substituents is 1. The van der Waals surface area contributed by atoms with E-state index in [-0.39, 0.29) is 71.5 Å². The maximum absolute atomic E-state index is 16.1. The highest BCUT2D eigenvalue weighted by atomic mass is 35.5. The van der Waals surface area contributed by atoms with Crippen molar-refractivity contribution in [2.45, 2.75) is 18.9 Å². The van der Waals surface area contributed by atoms with Gasteiger partial charge in [0, 0.05) is 43.2 Å². The largest absolute Gasteiger partial charge is 0.507 e. The van der Waals surface area contributed by atoms with Crippen LogP contribution in [0, 0.1) is 11.6 Å². The van der Waals surface area contributed by atoms with Gasteiger partial charge in [-0.15, -0.1) is 0 Å². The summed E-state index contributed by atoms with van der Waals surface area (Å²) in [4.78, 5) is 25.9. The van der Waals surface area contributed by atoms with E-state index in [4.69, 9.17) is 16.3 Å². The smallest absolute Gasteiger partial charge is 0.319 e. The van der Waals surface area contributed by atoms with Gasteiger partial charge in [-0.25, -0.2) is 17.6 Å². The fourth-order valence-electron chi connectivity index (χ4n) is 5.08. The quantitative estimate of drug-likeness (QED) is 0.326. The Morgan fingerprint density at radius 1 is 1.25 bits per heavy atom. The molecule has 8 nitrogen and oxygen atoms in total. The van der Waals surface area contributed by atoms with Crippen LogP contribution in [0.2, 0.25) is 5.02 Å². The predicted molar refractivity (Wildman–Crippen MR) is 142 cm³/mol. The maximum atomic E-state index is 16.1. The molecule has 2 fully saturated rings. The molecule has 1 amide bonds. The molecule has 2 aromatic carbocycles. The lowest BCUT2D eigenvalue weighted by atomic mass is 10.0. The molecule has 3 heterocycles. The van der Waals surface area contributed by atoms with Crippen molar-refractivity contribution in [2.24, 2.45) is 0 Å². The standard InChI is InChI=1S/C27H26ClF4N5O3/c1-3-20(39)37-8-7-36(12-15(37)2)25-16-11-17(28)21(22-18(29)5-4-6-19(22)38)23(30)24(16)33-26(34-25)40-10-9-35-13-27(31,32)14-35/h3-6,11,15,38H,1,7-10,12-14H2,2H3. The van der Waals surface area contributed by atoms with Crippen molar-refractivity contribution < 1.29 is 32.2 Å². The number of aromatic nitrogens is 2. The summed E-state index contributed by atoms with van der Waals surface area (Å²) in [6.45, 7) is 5.80. The predicted octanol–water partition coefficient (Wildman–Crippen LogP) is 4.49. The second-order valence-corrected chi connectivity index (χ2v) is 10.3. The van der Waals surface area contributed by atoms with Crippen LogP contribution in [0.3, 0.4) is 0 Å². The van der Waals surface area contributed by atoms with Crippen LogP contribution in [-0.4, -0.2) is 88.6 Å². The van der Waals surface area contributed by atoms with Crippen molar-refractivity contribution in [1.29, 1.82) is 0 Å². The minimum Gasteiger partial charge on any atom is -0.507 e. The SMILES string of the molecule is C=CC(=O)N1CCN(c2nc(OCCN3CC(F)(F)C3)nc3c(F)c(-c4c(O)cccc4F)c(Cl)cc23)CC1C. The van der Waals surface area contributed by atoms with E-state index in [1.807, 2.05) is 11.8 Å². The second kappa shape index (κ2) is 10.7. The molecule has 0 bridgehead atoms. The van der Waals surface area contributed by atoms with Crippen LogP contribution in [0.5, 0.6) is 11.8 Å². The average molecular weight is 580 g/mol. The summed E-state index contributed by atoms with van der Waals surface area (Å²) in [5.41, 5.74) is -1.02. The third kappa shape index (κ3) is 5.25. The van der Waals surface area contributed by atoms with Crippen LogP contribution in [0.15, 0.2) is 36.9 Å². The molecule has 5 rings (SSSR count). The Morgan fingerprint density at radius 3 is 2.65 bits per heavy atom. The number of halogens is 5. The van der Waals surface area contributed by atoms with Gasteiger partial charge in [-0.2, -0.15) is 9.97 Å². The number of phenols is 1. The number of piperazine rings is 1. The minimum atomic E-state index is -2.73. The van der Waals surface area contributed by atoms with E-state index in [2.05, 4.69) is 16.5 Å². The number of rotatable bonds is 7. The number of anilines is 1.